The summed E-state index contributed by atoms with van der Waals surface area (Å²) in [5, 5.41) is 25.6. The van der Waals surface area contributed by atoms with Gasteiger partial charge in [0.15, 0.2) is 0 Å². The van der Waals surface area contributed by atoms with Crippen LogP contribution in [0.2, 0.25) is 0 Å². The first-order chi connectivity index (χ1) is 13.5. The van der Waals surface area contributed by atoms with Crippen molar-refractivity contribution >= 4 is 17.6 Å². The van der Waals surface area contributed by atoms with Gasteiger partial charge in [-0.3, -0.25) is 10.1 Å². The van der Waals surface area contributed by atoms with E-state index in [4.69, 9.17) is 4.74 Å². The van der Waals surface area contributed by atoms with Crippen LogP contribution in [0.1, 0.15) is 50.6 Å². The standard InChI is InChI=1S/C18H20N6O4/c1-11-15(17(25)28-14-5-3-2-4-6-14)16(23-18(19-11)20-21-22-23)12-7-9-13(10-8-12)24(26)27/h7-10,14,16H,2-6H2,1H3,(H,19,20,22). The van der Waals surface area contributed by atoms with Crippen LogP contribution in [-0.4, -0.2) is 37.2 Å². The van der Waals surface area contributed by atoms with Crippen LogP contribution in [0, 0.1) is 10.1 Å². The molecule has 28 heavy (non-hydrogen) atoms. The number of tetrazole rings is 1. The number of aromatic nitrogens is 4. The van der Waals surface area contributed by atoms with Crippen LogP contribution >= 0.6 is 0 Å². The first kappa shape index (κ1) is 18.1. The Bertz CT molecular complexity index is 930. The normalized spacial score (nSPS) is 19.7. The van der Waals surface area contributed by atoms with E-state index in [1.807, 2.05) is 0 Å². The number of allylic oxidation sites excluding steroid dienone is 1. The number of esters is 1. The number of benzene rings is 1. The highest BCUT2D eigenvalue weighted by atomic mass is 16.6. The second-order valence-corrected chi connectivity index (χ2v) is 7.03. The number of carbonyl (C=O) groups is 1. The lowest BCUT2D eigenvalue weighted by Crippen LogP contribution is -2.32. The van der Waals surface area contributed by atoms with E-state index in [9.17, 15) is 14.9 Å². The van der Waals surface area contributed by atoms with Crippen molar-refractivity contribution in [3.8, 4) is 0 Å². The lowest BCUT2D eigenvalue weighted by molar-refractivity contribution is -0.384. The molecule has 1 aliphatic heterocycles. The number of hydrogen-bond donors (Lipinski definition) is 1. The molecule has 0 bridgehead atoms. The van der Waals surface area contributed by atoms with Gasteiger partial charge in [0.2, 0.25) is 5.95 Å². The monoisotopic (exact) mass is 384 g/mol. The number of fused-ring (bicyclic) bond motifs is 1. The number of nitro groups is 1. The topological polar surface area (TPSA) is 125 Å². The zero-order valence-corrected chi connectivity index (χ0v) is 15.4. The van der Waals surface area contributed by atoms with Gasteiger partial charge in [0.1, 0.15) is 12.1 Å². The van der Waals surface area contributed by atoms with Crippen LogP contribution in [0.15, 0.2) is 35.5 Å². The maximum atomic E-state index is 13.1. The summed E-state index contributed by atoms with van der Waals surface area (Å²) in [6.45, 7) is 1.77. The Morgan fingerprint density at radius 3 is 2.64 bits per heavy atom. The average molecular weight is 384 g/mol. The third kappa shape index (κ3) is 3.32. The van der Waals surface area contributed by atoms with Gasteiger partial charge in [0, 0.05) is 17.8 Å². The summed E-state index contributed by atoms with van der Waals surface area (Å²) in [5.74, 6) is -0.0172. The van der Waals surface area contributed by atoms with Gasteiger partial charge in [-0.15, -0.1) is 0 Å². The molecule has 1 atom stereocenters. The molecule has 2 heterocycles. The van der Waals surface area contributed by atoms with Crippen LogP contribution in [0.5, 0.6) is 0 Å². The molecule has 0 amide bonds. The van der Waals surface area contributed by atoms with E-state index in [0.29, 0.717) is 22.8 Å². The summed E-state index contributed by atoms with van der Waals surface area (Å²) in [5.41, 5.74) is 1.64. The molecule has 1 aliphatic carbocycles. The largest absolute Gasteiger partial charge is 0.459 e. The van der Waals surface area contributed by atoms with Crippen molar-refractivity contribution in [2.75, 3.05) is 5.32 Å². The smallest absolute Gasteiger partial charge is 0.338 e. The van der Waals surface area contributed by atoms with E-state index in [0.717, 1.165) is 32.1 Å². The lowest BCUT2D eigenvalue weighted by Gasteiger charge is -2.29. The van der Waals surface area contributed by atoms with E-state index >= 15 is 0 Å². The molecule has 2 aliphatic rings. The van der Waals surface area contributed by atoms with Gasteiger partial charge >= 0.3 is 5.97 Å². The Morgan fingerprint density at radius 1 is 1.25 bits per heavy atom. The van der Waals surface area contributed by atoms with Gasteiger partial charge < -0.3 is 10.1 Å². The van der Waals surface area contributed by atoms with Crippen molar-refractivity contribution in [2.24, 2.45) is 0 Å². The van der Waals surface area contributed by atoms with Crippen LogP contribution in [0.3, 0.4) is 0 Å². The molecule has 1 N–H and O–H groups in total. The van der Waals surface area contributed by atoms with E-state index in [2.05, 4.69) is 20.8 Å². The number of nitrogens with zero attached hydrogens (tertiary/aromatic N) is 5. The van der Waals surface area contributed by atoms with Gasteiger partial charge in [-0.1, -0.05) is 11.5 Å². The van der Waals surface area contributed by atoms with Crippen LogP contribution in [0.4, 0.5) is 11.6 Å². The fraction of sp³-hybridized carbons (Fsp3) is 0.444. The first-order valence-corrected chi connectivity index (χ1v) is 9.25. The number of nitro benzene ring substituents is 1. The molecular weight excluding hydrogens is 364 g/mol. The minimum absolute atomic E-state index is 0.0262. The highest BCUT2D eigenvalue weighted by Gasteiger charge is 2.36. The lowest BCUT2D eigenvalue weighted by atomic mass is 9.94. The molecule has 10 nitrogen and oxygen atoms in total. The minimum atomic E-state index is -0.622. The van der Waals surface area contributed by atoms with Crippen molar-refractivity contribution in [1.82, 2.24) is 20.2 Å². The van der Waals surface area contributed by atoms with Crippen molar-refractivity contribution in [3.05, 3.63) is 51.2 Å². The van der Waals surface area contributed by atoms with Gasteiger partial charge in [-0.25, -0.2) is 4.79 Å². The highest BCUT2D eigenvalue weighted by molar-refractivity contribution is 5.92. The van der Waals surface area contributed by atoms with Crippen molar-refractivity contribution in [1.29, 1.82) is 0 Å². The molecule has 1 unspecified atom stereocenters. The third-order valence-corrected chi connectivity index (χ3v) is 5.18. The summed E-state index contributed by atoms with van der Waals surface area (Å²) in [7, 11) is 0. The van der Waals surface area contributed by atoms with Crippen LogP contribution < -0.4 is 5.32 Å². The molecule has 10 heteroatoms. The number of nitrogens with one attached hydrogen (secondary N) is 1. The van der Waals surface area contributed by atoms with E-state index in [-0.39, 0.29) is 11.8 Å². The summed E-state index contributed by atoms with van der Waals surface area (Å²) in [6, 6.07) is 5.41. The Hall–Kier alpha value is -3.30. The molecule has 0 spiro atoms. The molecule has 0 radical (unpaired) electrons. The second-order valence-electron chi connectivity index (χ2n) is 7.03. The van der Waals surface area contributed by atoms with Crippen LogP contribution in [-0.2, 0) is 9.53 Å². The Kier molecular flexibility index (Phi) is 4.76. The number of hydrogen-bond acceptors (Lipinski definition) is 8. The Labute approximate surface area is 160 Å². The summed E-state index contributed by atoms with van der Waals surface area (Å²) in [6.07, 6.45) is 4.91. The molecule has 1 aromatic heterocycles. The van der Waals surface area contributed by atoms with Crippen LogP contribution in [0.25, 0.3) is 0 Å². The molecular formula is C18H20N6O4. The fourth-order valence-corrected chi connectivity index (χ4v) is 3.76. The van der Waals surface area contributed by atoms with Crippen molar-refractivity contribution in [3.63, 3.8) is 0 Å². The van der Waals surface area contributed by atoms with E-state index in [1.54, 1.807) is 19.1 Å². The first-order valence-electron chi connectivity index (χ1n) is 9.25. The predicted molar refractivity (Wildman–Crippen MR) is 98.3 cm³/mol. The number of rotatable bonds is 4. The zero-order chi connectivity index (χ0) is 19.7. The van der Waals surface area contributed by atoms with E-state index < -0.39 is 16.9 Å². The quantitative estimate of drug-likeness (QED) is 0.484. The predicted octanol–water partition coefficient (Wildman–Crippen LogP) is 2.75. The number of non-ortho nitro benzene ring substituents is 1. The number of carbonyl (C=O) groups excluding carboxylic acids is 1. The molecule has 1 aromatic carbocycles. The Balaban J connectivity index is 1.69. The third-order valence-electron chi connectivity index (χ3n) is 5.18. The Morgan fingerprint density at radius 2 is 1.96 bits per heavy atom. The molecule has 1 saturated carbocycles. The molecule has 2 aromatic rings. The molecule has 4 rings (SSSR count). The second kappa shape index (κ2) is 7.37. The van der Waals surface area contributed by atoms with Crippen molar-refractivity contribution < 1.29 is 14.5 Å². The van der Waals surface area contributed by atoms with E-state index in [1.165, 1.54) is 16.8 Å². The van der Waals surface area contributed by atoms with Gasteiger partial charge in [-0.2, -0.15) is 4.68 Å². The number of ether oxygens (including phenoxy) is 1. The SMILES string of the molecule is CC1=C(C(=O)OC2CCCCC2)C(c2ccc([N+](=O)[O-])cc2)n2nnnc2N1. The molecule has 146 valence electrons. The maximum Gasteiger partial charge on any atom is 0.338 e. The zero-order valence-electron chi connectivity index (χ0n) is 15.4. The summed E-state index contributed by atoms with van der Waals surface area (Å²) < 4.78 is 7.27. The average Bonchev–Trinajstić information content (AvgIpc) is 3.15. The fourth-order valence-electron chi connectivity index (χ4n) is 3.76. The maximum absolute atomic E-state index is 13.1. The summed E-state index contributed by atoms with van der Waals surface area (Å²) in [4.78, 5) is 23.6. The van der Waals surface area contributed by atoms with Gasteiger partial charge in [0.25, 0.3) is 5.69 Å². The number of anilines is 1. The van der Waals surface area contributed by atoms with Crippen molar-refractivity contribution in [2.45, 2.75) is 51.2 Å². The highest BCUT2D eigenvalue weighted by Crippen LogP contribution is 2.36. The van der Waals surface area contributed by atoms with Gasteiger partial charge in [0.05, 0.1) is 10.5 Å². The molecule has 1 fully saturated rings. The summed E-state index contributed by atoms with van der Waals surface area (Å²) >= 11 is 0. The molecule has 0 saturated heterocycles. The minimum Gasteiger partial charge on any atom is -0.459 e. The van der Waals surface area contributed by atoms with Gasteiger partial charge in [-0.05, 0) is 60.7 Å².